The van der Waals surface area contributed by atoms with E-state index in [4.69, 9.17) is 4.74 Å². The van der Waals surface area contributed by atoms with Gasteiger partial charge in [0, 0.05) is 17.0 Å². The van der Waals surface area contributed by atoms with Gasteiger partial charge in [-0.3, -0.25) is 0 Å². The fourth-order valence-corrected chi connectivity index (χ4v) is 2.74. The molecule has 14 heavy (non-hydrogen) atoms. The van der Waals surface area contributed by atoms with Gasteiger partial charge in [0.2, 0.25) is 0 Å². The van der Waals surface area contributed by atoms with Gasteiger partial charge in [0.05, 0.1) is 6.61 Å². The van der Waals surface area contributed by atoms with Crippen LogP contribution < -0.4 is 10.1 Å². The number of hydrogen-bond acceptors (Lipinski definition) is 2. The van der Waals surface area contributed by atoms with Crippen molar-refractivity contribution in [3.05, 3.63) is 29.8 Å². The van der Waals surface area contributed by atoms with Crippen LogP contribution in [0.2, 0.25) is 0 Å². The molecule has 0 bridgehead atoms. The van der Waals surface area contributed by atoms with Crippen molar-refractivity contribution in [3.8, 4) is 5.75 Å². The third-order valence-corrected chi connectivity index (χ3v) is 3.65. The van der Waals surface area contributed by atoms with Crippen LogP contribution in [0.25, 0.3) is 0 Å². The molecule has 1 heterocycles. The average molecular weight is 189 g/mol. The molecule has 1 fully saturated rings. The predicted molar refractivity (Wildman–Crippen MR) is 55.7 cm³/mol. The third-order valence-electron chi connectivity index (χ3n) is 3.65. The van der Waals surface area contributed by atoms with E-state index in [0.29, 0.717) is 11.5 Å². The average Bonchev–Trinajstić information content (AvgIpc) is 2.94. The fraction of sp³-hybridized carbons (Fsp3) is 0.500. The molecule has 74 valence electrons. The molecule has 2 nitrogen and oxygen atoms in total. The summed E-state index contributed by atoms with van der Waals surface area (Å²) in [7, 11) is 2.05. The lowest BCUT2D eigenvalue weighted by Crippen LogP contribution is -2.28. The van der Waals surface area contributed by atoms with Crippen molar-refractivity contribution in [2.75, 3.05) is 13.7 Å². The van der Waals surface area contributed by atoms with Gasteiger partial charge in [0.1, 0.15) is 5.75 Å². The number of rotatable bonds is 1. The van der Waals surface area contributed by atoms with E-state index in [2.05, 4.69) is 36.6 Å². The van der Waals surface area contributed by atoms with Crippen LogP contribution in [0.15, 0.2) is 24.3 Å². The summed E-state index contributed by atoms with van der Waals surface area (Å²) < 4.78 is 5.66. The largest absolute Gasteiger partial charge is 0.493 e. The number of likely N-dealkylation sites (N-methyl/N-ethyl adjacent to an activating group) is 1. The molecule has 1 aliphatic heterocycles. The Bertz CT molecular complexity index is 363. The molecule has 1 saturated carbocycles. The Hall–Kier alpha value is -1.02. The van der Waals surface area contributed by atoms with Crippen molar-refractivity contribution in [2.24, 2.45) is 0 Å². The minimum atomic E-state index is 0.392. The number of para-hydroxylation sites is 1. The highest BCUT2D eigenvalue weighted by Crippen LogP contribution is 2.55. The van der Waals surface area contributed by atoms with Crippen LogP contribution >= 0.6 is 0 Å². The van der Waals surface area contributed by atoms with Crippen LogP contribution in [0.5, 0.6) is 5.75 Å². The smallest absolute Gasteiger partial charge is 0.123 e. The Morgan fingerprint density at radius 3 is 3.07 bits per heavy atom. The molecule has 2 atom stereocenters. The lowest BCUT2D eigenvalue weighted by atomic mass is 9.89. The summed E-state index contributed by atoms with van der Waals surface area (Å²) in [6.45, 7) is 0.870. The highest BCUT2D eigenvalue weighted by molar-refractivity contribution is 5.47. The van der Waals surface area contributed by atoms with Crippen molar-refractivity contribution in [1.82, 2.24) is 5.32 Å². The summed E-state index contributed by atoms with van der Waals surface area (Å²) in [4.78, 5) is 0. The van der Waals surface area contributed by atoms with Crippen LogP contribution in [0.3, 0.4) is 0 Å². The minimum absolute atomic E-state index is 0.392. The Labute approximate surface area is 84.3 Å². The van der Waals surface area contributed by atoms with Gasteiger partial charge >= 0.3 is 0 Å². The molecule has 0 unspecified atom stereocenters. The highest BCUT2D eigenvalue weighted by Gasteiger charge is 2.56. The summed E-state index contributed by atoms with van der Waals surface area (Å²) in [6, 6.07) is 9.12. The van der Waals surface area contributed by atoms with Crippen molar-refractivity contribution in [1.29, 1.82) is 0 Å². The Kier molecular flexibility index (Phi) is 1.62. The van der Waals surface area contributed by atoms with Gasteiger partial charge in [-0.1, -0.05) is 18.2 Å². The third kappa shape index (κ3) is 0.947. The molecule has 0 amide bonds. The van der Waals surface area contributed by atoms with Crippen LogP contribution in [0.4, 0.5) is 0 Å². The number of benzene rings is 1. The highest BCUT2D eigenvalue weighted by atomic mass is 16.5. The lowest BCUT2D eigenvalue weighted by Gasteiger charge is -2.26. The Morgan fingerprint density at radius 1 is 1.43 bits per heavy atom. The van der Waals surface area contributed by atoms with Crippen LogP contribution in [0, 0.1) is 0 Å². The summed E-state index contributed by atoms with van der Waals surface area (Å²) in [5, 5.41) is 3.38. The first-order valence-corrected chi connectivity index (χ1v) is 5.26. The van der Waals surface area contributed by atoms with Crippen molar-refractivity contribution >= 4 is 0 Å². The number of ether oxygens (including phenoxy) is 1. The second-order valence-corrected chi connectivity index (χ2v) is 4.30. The van der Waals surface area contributed by atoms with Gasteiger partial charge in [0.25, 0.3) is 0 Å². The van der Waals surface area contributed by atoms with E-state index < -0.39 is 0 Å². The summed E-state index contributed by atoms with van der Waals surface area (Å²) in [6.07, 6.45) is 2.43. The molecule has 1 aromatic rings. The van der Waals surface area contributed by atoms with Gasteiger partial charge in [0.15, 0.2) is 0 Å². The lowest BCUT2D eigenvalue weighted by molar-refractivity contribution is 0.256. The standard InChI is InChI=1S/C12H15NO/c1-13-11-8-12(11)6-7-14-10-5-3-2-4-9(10)12/h2-5,11,13H,6-8H2,1H3/t11-,12+/m1/s1. The molecule has 0 radical (unpaired) electrons. The predicted octanol–water partition coefficient (Wildman–Crippen LogP) is 1.70. The van der Waals surface area contributed by atoms with Crippen molar-refractivity contribution in [3.63, 3.8) is 0 Å². The van der Waals surface area contributed by atoms with E-state index >= 15 is 0 Å². The number of nitrogens with one attached hydrogen (secondary N) is 1. The van der Waals surface area contributed by atoms with Crippen LogP contribution in [0.1, 0.15) is 18.4 Å². The van der Waals surface area contributed by atoms with Gasteiger partial charge < -0.3 is 10.1 Å². The maximum absolute atomic E-state index is 5.66. The number of hydrogen-bond donors (Lipinski definition) is 1. The molecular formula is C12H15NO. The SMILES string of the molecule is CN[C@@H]1C[C@]12CCOc1ccccc12. The topological polar surface area (TPSA) is 21.3 Å². The summed E-state index contributed by atoms with van der Waals surface area (Å²) in [5.74, 6) is 1.09. The van der Waals surface area contributed by atoms with Gasteiger partial charge in [-0.05, 0) is 26.0 Å². The van der Waals surface area contributed by atoms with Gasteiger partial charge in [-0.25, -0.2) is 0 Å². The molecule has 0 saturated heterocycles. The van der Waals surface area contributed by atoms with E-state index in [1.807, 2.05) is 0 Å². The quantitative estimate of drug-likeness (QED) is 0.726. The molecule has 1 N–H and O–H groups in total. The van der Waals surface area contributed by atoms with Crippen LogP contribution in [-0.4, -0.2) is 19.7 Å². The summed E-state index contributed by atoms with van der Waals surface area (Å²) >= 11 is 0. The Balaban J connectivity index is 2.05. The monoisotopic (exact) mass is 189 g/mol. The molecule has 1 aromatic carbocycles. The fourth-order valence-electron chi connectivity index (χ4n) is 2.74. The Morgan fingerprint density at radius 2 is 2.29 bits per heavy atom. The molecule has 2 heteroatoms. The molecule has 0 aromatic heterocycles. The van der Waals surface area contributed by atoms with E-state index in [-0.39, 0.29) is 0 Å². The molecule has 3 rings (SSSR count). The van der Waals surface area contributed by atoms with Crippen molar-refractivity contribution < 1.29 is 4.74 Å². The minimum Gasteiger partial charge on any atom is -0.493 e. The zero-order valence-corrected chi connectivity index (χ0v) is 8.42. The molecule has 1 aliphatic carbocycles. The van der Waals surface area contributed by atoms with Crippen LogP contribution in [-0.2, 0) is 5.41 Å². The normalized spacial score (nSPS) is 33.6. The zero-order chi connectivity index (χ0) is 9.60. The molecule has 1 spiro atoms. The first kappa shape index (κ1) is 8.30. The first-order chi connectivity index (χ1) is 6.87. The van der Waals surface area contributed by atoms with Gasteiger partial charge in [-0.2, -0.15) is 0 Å². The van der Waals surface area contributed by atoms with E-state index in [1.165, 1.54) is 12.0 Å². The number of fused-ring (bicyclic) bond motifs is 2. The second-order valence-electron chi connectivity index (χ2n) is 4.30. The van der Waals surface area contributed by atoms with E-state index in [9.17, 15) is 0 Å². The first-order valence-electron chi connectivity index (χ1n) is 5.26. The second kappa shape index (κ2) is 2.74. The van der Waals surface area contributed by atoms with E-state index in [1.54, 1.807) is 0 Å². The molecule has 2 aliphatic rings. The maximum atomic E-state index is 5.66. The maximum Gasteiger partial charge on any atom is 0.123 e. The van der Waals surface area contributed by atoms with Crippen molar-refractivity contribution in [2.45, 2.75) is 24.3 Å². The van der Waals surface area contributed by atoms with Gasteiger partial charge in [-0.15, -0.1) is 0 Å². The van der Waals surface area contributed by atoms with E-state index in [0.717, 1.165) is 18.8 Å². The summed E-state index contributed by atoms with van der Waals surface area (Å²) in [5.41, 5.74) is 1.80. The molecular weight excluding hydrogens is 174 g/mol. The zero-order valence-electron chi connectivity index (χ0n) is 8.42.